The number of hydrogen-bond acceptors (Lipinski definition) is 6. The van der Waals surface area contributed by atoms with E-state index in [1.54, 1.807) is 0 Å². The fourth-order valence-electron chi connectivity index (χ4n) is 1.71. The minimum atomic E-state index is -1.65. The zero-order valence-electron chi connectivity index (χ0n) is 10.1. The van der Waals surface area contributed by atoms with Crippen LogP contribution in [0.15, 0.2) is 12.1 Å². The van der Waals surface area contributed by atoms with E-state index in [2.05, 4.69) is 0 Å². The van der Waals surface area contributed by atoms with E-state index in [9.17, 15) is 30.1 Å². The van der Waals surface area contributed by atoms with Gasteiger partial charge in [0.25, 0.3) is 11.4 Å². The Bertz CT molecular complexity index is 505. The van der Waals surface area contributed by atoms with E-state index >= 15 is 0 Å². The number of carboxylic acid groups (broad SMARTS) is 1. The number of carboxylic acids is 1. The van der Waals surface area contributed by atoms with Crippen molar-refractivity contribution in [2.75, 3.05) is 0 Å². The Morgan fingerprint density at radius 1 is 1.21 bits per heavy atom. The van der Waals surface area contributed by atoms with Crippen molar-refractivity contribution in [1.82, 2.24) is 0 Å². The van der Waals surface area contributed by atoms with Crippen LogP contribution in [0.4, 0.5) is 11.4 Å². The van der Waals surface area contributed by atoms with Gasteiger partial charge in [-0.05, 0) is 12.8 Å². The summed E-state index contributed by atoms with van der Waals surface area (Å²) in [6.07, 6.45) is 1.41. The van der Waals surface area contributed by atoms with Crippen molar-refractivity contribution in [3.8, 4) is 0 Å². The second-order valence-electron chi connectivity index (χ2n) is 3.90. The lowest BCUT2D eigenvalue weighted by Gasteiger charge is -2.10. The van der Waals surface area contributed by atoms with Crippen LogP contribution < -0.4 is 5.11 Å². The van der Waals surface area contributed by atoms with Gasteiger partial charge in [-0.1, -0.05) is 13.3 Å². The molecule has 0 aliphatic carbocycles. The summed E-state index contributed by atoms with van der Waals surface area (Å²) < 4.78 is 0. The molecule has 102 valence electrons. The Morgan fingerprint density at radius 2 is 1.84 bits per heavy atom. The maximum absolute atomic E-state index is 11.0. The third-order valence-corrected chi connectivity index (χ3v) is 2.62. The molecule has 8 heteroatoms. The van der Waals surface area contributed by atoms with Gasteiger partial charge in [-0.2, -0.15) is 0 Å². The lowest BCUT2D eigenvalue weighted by atomic mass is 9.99. The highest BCUT2D eigenvalue weighted by atomic mass is 16.6. The lowest BCUT2D eigenvalue weighted by molar-refractivity contribution is -0.394. The maximum Gasteiger partial charge on any atom is 0.280 e. The minimum Gasteiger partial charge on any atom is -0.545 e. The average Bonchev–Trinajstić information content (AvgIpc) is 2.34. The molecule has 0 heterocycles. The highest BCUT2D eigenvalue weighted by Gasteiger charge is 2.23. The van der Waals surface area contributed by atoms with Crippen LogP contribution in [0, 0.1) is 20.2 Å². The fourth-order valence-corrected chi connectivity index (χ4v) is 1.71. The number of carbonyl (C=O) groups is 1. The number of hydrogen-bond donors (Lipinski definition) is 0. The highest BCUT2D eigenvalue weighted by molar-refractivity contribution is 5.90. The van der Waals surface area contributed by atoms with Crippen LogP contribution in [0.5, 0.6) is 0 Å². The zero-order valence-corrected chi connectivity index (χ0v) is 10.1. The molecule has 0 aromatic heterocycles. The van der Waals surface area contributed by atoms with Gasteiger partial charge in [-0.3, -0.25) is 20.2 Å². The SMILES string of the molecule is CCCCc1c(C(=O)[O-])cc([N+](=O)[O-])cc1[N+](=O)[O-]. The number of benzene rings is 1. The van der Waals surface area contributed by atoms with Gasteiger partial charge in [0.05, 0.1) is 21.9 Å². The number of rotatable bonds is 6. The molecule has 0 N–H and O–H groups in total. The van der Waals surface area contributed by atoms with E-state index in [1.807, 2.05) is 6.92 Å². The summed E-state index contributed by atoms with van der Waals surface area (Å²) in [6.45, 7) is 1.84. The van der Waals surface area contributed by atoms with Crippen molar-refractivity contribution in [2.24, 2.45) is 0 Å². The molecule has 0 amide bonds. The highest BCUT2D eigenvalue weighted by Crippen LogP contribution is 2.29. The van der Waals surface area contributed by atoms with E-state index in [-0.39, 0.29) is 12.0 Å². The number of carbonyl (C=O) groups excluding carboxylic acids is 1. The minimum absolute atomic E-state index is 0.0301. The molecule has 0 aliphatic heterocycles. The number of nitro groups is 2. The summed E-state index contributed by atoms with van der Waals surface area (Å²) in [6, 6.07) is 1.57. The van der Waals surface area contributed by atoms with Crippen molar-refractivity contribution >= 4 is 17.3 Å². The molecule has 0 fully saturated rings. The van der Waals surface area contributed by atoms with Crippen molar-refractivity contribution in [3.63, 3.8) is 0 Å². The first kappa shape index (κ1) is 14.6. The standard InChI is InChI=1S/C11H12N2O6/c1-2-3-4-8-9(11(14)15)5-7(12(16)17)6-10(8)13(18)19/h5-6H,2-4H2,1H3,(H,14,15)/p-1. The van der Waals surface area contributed by atoms with Gasteiger partial charge in [0.1, 0.15) is 0 Å². The van der Waals surface area contributed by atoms with Gasteiger partial charge < -0.3 is 9.90 Å². The van der Waals surface area contributed by atoms with Crippen LogP contribution in [0.25, 0.3) is 0 Å². The number of nitro benzene ring substituents is 2. The van der Waals surface area contributed by atoms with Gasteiger partial charge in [0.2, 0.25) is 0 Å². The Morgan fingerprint density at radius 3 is 2.26 bits per heavy atom. The number of nitrogens with zero attached hydrogens (tertiary/aromatic N) is 2. The number of non-ortho nitro benzene ring substituents is 1. The lowest BCUT2D eigenvalue weighted by Crippen LogP contribution is -2.24. The second-order valence-corrected chi connectivity index (χ2v) is 3.90. The fraction of sp³-hybridized carbons (Fsp3) is 0.364. The van der Waals surface area contributed by atoms with Gasteiger partial charge in [-0.25, -0.2) is 0 Å². The molecule has 0 aliphatic rings. The van der Waals surface area contributed by atoms with Gasteiger partial charge in [-0.15, -0.1) is 0 Å². The van der Waals surface area contributed by atoms with Crippen LogP contribution in [-0.4, -0.2) is 15.8 Å². The first-order chi connectivity index (χ1) is 8.88. The largest absolute Gasteiger partial charge is 0.545 e. The monoisotopic (exact) mass is 267 g/mol. The summed E-state index contributed by atoms with van der Waals surface area (Å²) >= 11 is 0. The van der Waals surface area contributed by atoms with E-state index in [0.29, 0.717) is 12.8 Å². The number of unbranched alkanes of at least 4 members (excludes halogenated alkanes) is 1. The molecule has 0 saturated carbocycles. The summed E-state index contributed by atoms with van der Waals surface area (Å²) in [5, 5.41) is 32.5. The first-order valence-corrected chi connectivity index (χ1v) is 5.55. The number of aromatic carboxylic acids is 1. The Kier molecular flexibility index (Phi) is 4.51. The predicted octanol–water partition coefficient (Wildman–Crippen LogP) is 1.21. The van der Waals surface area contributed by atoms with E-state index in [1.165, 1.54) is 0 Å². The summed E-state index contributed by atoms with van der Waals surface area (Å²) in [4.78, 5) is 30.8. The zero-order chi connectivity index (χ0) is 14.6. The third kappa shape index (κ3) is 3.24. The molecule has 0 unspecified atom stereocenters. The molecule has 1 rings (SSSR count). The molecule has 19 heavy (non-hydrogen) atoms. The summed E-state index contributed by atoms with van der Waals surface area (Å²) in [5.41, 5.74) is -1.71. The van der Waals surface area contributed by atoms with Crippen molar-refractivity contribution in [3.05, 3.63) is 43.5 Å². The molecular weight excluding hydrogens is 256 g/mol. The molecule has 0 bridgehead atoms. The topological polar surface area (TPSA) is 126 Å². The van der Waals surface area contributed by atoms with Gasteiger partial charge >= 0.3 is 0 Å². The molecule has 1 aromatic carbocycles. The Balaban J connectivity index is 3.50. The molecule has 0 radical (unpaired) electrons. The van der Waals surface area contributed by atoms with Crippen LogP contribution in [0.2, 0.25) is 0 Å². The van der Waals surface area contributed by atoms with Crippen molar-refractivity contribution in [2.45, 2.75) is 26.2 Å². The Hall–Kier alpha value is -2.51. The van der Waals surface area contributed by atoms with Crippen molar-refractivity contribution in [1.29, 1.82) is 0 Å². The maximum atomic E-state index is 11.0. The van der Waals surface area contributed by atoms with E-state index < -0.39 is 32.8 Å². The second kappa shape index (κ2) is 5.89. The van der Waals surface area contributed by atoms with Crippen LogP contribution in [0.3, 0.4) is 0 Å². The van der Waals surface area contributed by atoms with Gasteiger partial charge in [0, 0.05) is 17.2 Å². The molecule has 0 atom stereocenters. The first-order valence-electron chi connectivity index (χ1n) is 5.55. The van der Waals surface area contributed by atoms with E-state index in [4.69, 9.17) is 0 Å². The third-order valence-electron chi connectivity index (χ3n) is 2.62. The van der Waals surface area contributed by atoms with E-state index in [0.717, 1.165) is 12.1 Å². The predicted molar refractivity (Wildman–Crippen MR) is 62.7 cm³/mol. The average molecular weight is 267 g/mol. The summed E-state index contributed by atoms with van der Waals surface area (Å²) in [7, 11) is 0. The quantitative estimate of drug-likeness (QED) is 0.563. The molecule has 0 saturated heterocycles. The van der Waals surface area contributed by atoms with Gasteiger partial charge in [0.15, 0.2) is 0 Å². The molecule has 0 spiro atoms. The molecule has 8 nitrogen and oxygen atoms in total. The summed E-state index contributed by atoms with van der Waals surface area (Å²) in [5.74, 6) is -1.65. The normalized spacial score (nSPS) is 10.2. The smallest absolute Gasteiger partial charge is 0.280 e. The van der Waals surface area contributed by atoms with Crippen LogP contribution in [-0.2, 0) is 6.42 Å². The molecular formula is C11H11N2O6-. The Labute approximate surface area is 108 Å². The van der Waals surface area contributed by atoms with Crippen LogP contribution in [0.1, 0.15) is 35.7 Å². The van der Waals surface area contributed by atoms with Crippen molar-refractivity contribution < 1.29 is 19.7 Å². The van der Waals surface area contributed by atoms with Crippen LogP contribution >= 0.6 is 0 Å². The molecule has 1 aromatic rings.